The summed E-state index contributed by atoms with van der Waals surface area (Å²) in [7, 11) is 4.21. The van der Waals surface area contributed by atoms with Crippen LogP contribution in [0.4, 0.5) is 5.69 Å². The first-order valence-electron chi connectivity index (χ1n) is 5.62. The van der Waals surface area contributed by atoms with E-state index in [1.54, 1.807) is 6.07 Å². The van der Waals surface area contributed by atoms with Crippen molar-refractivity contribution in [3.63, 3.8) is 0 Å². The summed E-state index contributed by atoms with van der Waals surface area (Å²) in [5.74, 6) is 0.185. The highest BCUT2D eigenvalue weighted by Gasteiger charge is 2.21. The second-order valence-corrected chi connectivity index (χ2v) is 4.30. The van der Waals surface area contributed by atoms with E-state index in [2.05, 4.69) is 9.72 Å². The molecule has 0 aliphatic rings. The Kier molecular flexibility index (Phi) is 3.85. The van der Waals surface area contributed by atoms with E-state index in [4.69, 9.17) is 26.8 Å². The Labute approximate surface area is 120 Å². The van der Waals surface area contributed by atoms with Crippen molar-refractivity contribution < 1.29 is 19.0 Å². The summed E-state index contributed by atoms with van der Waals surface area (Å²) < 4.78 is 15.1. The molecular weight excluding hydrogens is 284 g/mol. The quantitative estimate of drug-likeness (QED) is 0.875. The molecule has 0 radical (unpaired) electrons. The maximum Gasteiger partial charge on any atom is 0.341 e. The van der Waals surface area contributed by atoms with E-state index in [0.717, 1.165) is 0 Å². The molecule has 0 saturated carbocycles. The zero-order valence-electron chi connectivity index (χ0n) is 11.2. The molecule has 0 aliphatic heterocycles. The van der Waals surface area contributed by atoms with Gasteiger partial charge in [0.25, 0.3) is 0 Å². The minimum atomic E-state index is -0.585. The first kappa shape index (κ1) is 14.2. The van der Waals surface area contributed by atoms with E-state index in [1.165, 1.54) is 27.5 Å². The fourth-order valence-electron chi connectivity index (χ4n) is 1.94. The molecule has 7 heteroatoms. The summed E-state index contributed by atoms with van der Waals surface area (Å²) in [6, 6.07) is 1.58. The zero-order valence-corrected chi connectivity index (χ0v) is 11.9. The highest BCUT2D eigenvalue weighted by Crippen LogP contribution is 2.42. The van der Waals surface area contributed by atoms with Gasteiger partial charge in [0, 0.05) is 12.3 Å². The van der Waals surface area contributed by atoms with Gasteiger partial charge in [0.2, 0.25) is 0 Å². The average molecular weight is 297 g/mol. The van der Waals surface area contributed by atoms with Gasteiger partial charge in [0.15, 0.2) is 0 Å². The van der Waals surface area contributed by atoms with Gasteiger partial charge < -0.3 is 19.9 Å². The van der Waals surface area contributed by atoms with Crippen molar-refractivity contribution in [1.82, 2.24) is 4.98 Å². The van der Waals surface area contributed by atoms with Gasteiger partial charge in [0.1, 0.15) is 22.6 Å². The predicted octanol–water partition coefficient (Wildman–Crippen LogP) is 2.27. The number of nitrogen functional groups attached to an aromatic ring is 1. The molecule has 1 heterocycles. The third kappa shape index (κ3) is 2.08. The van der Waals surface area contributed by atoms with Crippen molar-refractivity contribution in [3.05, 3.63) is 22.8 Å². The molecule has 0 fully saturated rings. The van der Waals surface area contributed by atoms with E-state index < -0.39 is 5.97 Å². The van der Waals surface area contributed by atoms with Gasteiger partial charge in [-0.2, -0.15) is 0 Å². The normalized spacial score (nSPS) is 10.4. The predicted molar refractivity (Wildman–Crippen MR) is 75.6 cm³/mol. The van der Waals surface area contributed by atoms with Crippen LogP contribution in [0.15, 0.2) is 12.3 Å². The van der Waals surface area contributed by atoms with E-state index >= 15 is 0 Å². The molecule has 2 N–H and O–H groups in total. The molecule has 0 unspecified atom stereocenters. The Morgan fingerprint density at radius 1 is 1.30 bits per heavy atom. The van der Waals surface area contributed by atoms with Crippen LogP contribution in [0.3, 0.4) is 0 Å². The number of benzene rings is 1. The maximum atomic E-state index is 11.7. The molecule has 0 saturated heterocycles. The average Bonchev–Trinajstić information content (AvgIpc) is 2.46. The third-order valence-electron chi connectivity index (χ3n) is 2.88. The largest absolute Gasteiger partial charge is 0.494 e. The summed E-state index contributed by atoms with van der Waals surface area (Å²) in [6.07, 6.45) is 1.33. The van der Waals surface area contributed by atoms with Gasteiger partial charge in [-0.25, -0.2) is 4.79 Å². The van der Waals surface area contributed by atoms with Crippen LogP contribution in [0.2, 0.25) is 5.02 Å². The Morgan fingerprint density at radius 3 is 2.55 bits per heavy atom. The lowest BCUT2D eigenvalue weighted by molar-refractivity contribution is 0.0601. The van der Waals surface area contributed by atoms with Crippen molar-refractivity contribution >= 4 is 34.2 Å². The molecule has 106 valence electrons. The molecule has 20 heavy (non-hydrogen) atoms. The van der Waals surface area contributed by atoms with Crippen LogP contribution in [0.1, 0.15) is 10.4 Å². The number of nitrogens with two attached hydrogens (primary N) is 1. The number of esters is 1. The maximum absolute atomic E-state index is 11.7. The van der Waals surface area contributed by atoms with Crippen LogP contribution in [0, 0.1) is 0 Å². The summed E-state index contributed by atoms with van der Waals surface area (Å²) >= 11 is 6.12. The standard InChI is InChI=1S/C13H13ClN2O4/c1-18-8-4-7(14)12(19-2)9-10(15)6(13(17)20-3)5-16-11(8)9/h4-5H,1-3H3,(H2,15,16). The number of rotatable bonds is 3. The van der Waals surface area contributed by atoms with Crippen LogP contribution in [0.25, 0.3) is 10.9 Å². The second kappa shape index (κ2) is 5.42. The molecule has 0 bridgehead atoms. The van der Waals surface area contributed by atoms with Crippen molar-refractivity contribution in [2.45, 2.75) is 0 Å². The van der Waals surface area contributed by atoms with E-state index in [9.17, 15) is 4.79 Å². The molecule has 1 aromatic heterocycles. The molecule has 2 aromatic rings. The van der Waals surface area contributed by atoms with Crippen LogP contribution in [-0.4, -0.2) is 32.3 Å². The number of anilines is 1. The molecule has 6 nitrogen and oxygen atoms in total. The Hall–Kier alpha value is -2.21. The van der Waals surface area contributed by atoms with Gasteiger partial charge in [-0.15, -0.1) is 0 Å². The SMILES string of the molecule is COC(=O)c1cnc2c(OC)cc(Cl)c(OC)c2c1N. The summed E-state index contributed by atoms with van der Waals surface area (Å²) in [4.78, 5) is 15.9. The van der Waals surface area contributed by atoms with Gasteiger partial charge in [0.05, 0.1) is 37.4 Å². The second-order valence-electron chi connectivity index (χ2n) is 3.89. The number of halogens is 1. The van der Waals surface area contributed by atoms with Crippen LogP contribution >= 0.6 is 11.6 Å². The molecule has 0 spiro atoms. The lowest BCUT2D eigenvalue weighted by Crippen LogP contribution is -2.08. The van der Waals surface area contributed by atoms with Crippen molar-refractivity contribution in [2.75, 3.05) is 27.1 Å². The summed E-state index contributed by atoms with van der Waals surface area (Å²) in [5, 5.41) is 0.729. The Bertz CT molecular complexity index is 688. The van der Waals surface area contributed by atoms with Gasteiger partial charge in [-0.1, -0.05) is 11.6 Å². The smallest absolute Gasteiger partial charge is 0.341 e. The highest BCUT2D eigenvalue weighted by molar-refractivity contribution is 6.34. The minimum absolute atomic E-state index is 0.141. The number of aromatic nitrogens is 1. The molecule has 0 amide bonds. The molecule has 0 atom stereocenters. The molecular formula is C13H13ClN2O4. The van der Waals surface area contributed by atoms with Gasteiger partial charge >= 0.3 is 5.97 Å². The van der Waals surface area contributed by atoms with Crippen molar-refractivity contribution in [2.24, 2.45) is 0 Å². The Balaban J connectivity index is 2.91. The number of hydrogen-bond acceptors (Lipinski definition) is 6. The lowest BCUT2D eigenvalue weighted by Gasteiger charge is -2.14. The number of hydrogen-bond donors (Lipinski definition) is 1. The summed E-state index contributed by atoms with van der Waals surface area (Å²) in [6.45, 7) is 0. The topological polar surface area (TPSA) is 83.7 Å². The Morgan fingerprint density at radius 2 is 2.00 bits per heavy atom. The fourth-order valence-corrected chi connectivity index (χ4v) is 2.21. The first-order valence-corrected chi connectivity index (χ1v) is 5.99. The van der Waals surface area contributed by atoms with E-state index in [1.807, 2.05) is 0 Å². The van der Waals surface area contributed by atoms with E-state index in [0.29, 0.717) is 27.4 Å². The van der Waals surface area contributed by atoms with Gasteiger partial charge in [-0.05, 0) is 0 Å². The first-order chi connectivity index (χ1) is 9.54. The monoisotopic (exact) mass is 296 g/mol. The van der Waals surface area contributed by atoms with Crippen molar-refractivity contribution in [1.29, 1.82) is 0 Å². The molecule has 0 aliphatic carbocycles. The third-order valence-corrected chi connectivity index (χ3v) is 3.16. The van der Waals surface area contributed by atoms with Crippen LogP contribution < -0.4 is 15.2 Å². The van der Waals surface area contributed by atoms with Gasteiger partial charge in [-0.3, -0.25) is 4.98 Å². The number of ether oxygens (including phenoxy) is 3. The molecule has 2 rings (SSSR count). The fraction of sp³-hybridized carbons (Fsp3) is 0.231. The van der Waals surface area contributed by atoms with E-state index in [-0.39, 0.29) is 11.3 Å². The summed E-state index contributed by atoms with van der Waals surface area (Å²) in [5.41, 5.74) is 6.81. The van der Waals surface area contributed by atoms with Crippen molar-refractivity contribution in [3.8, 4) is 11.5 Å². The van der Waals surface area contributed by atoms with Crippen LogP contribution in [0.5, 0.6) is 11.5 Å². The number of fused-ring (bicyclic) bond motifs is 1. The number of carbonyl (C=O) groups excluding carboxylic acids is 1. The zero-order chi connectivity index (χ0) is 14.9. The highest BCUT2D eigenvalue weighted by atomic mass is 35.5. The number of methoxy groups -OCH3 is 3. The molecule has 1 aromatic carbocycles. The minimum Gasteiger partial charge on any atom is -0.494 e. The number of carbonyl (C=O) groups is 1. The van der Waals surface area contributed by atoms with Crippen LogP contribution in [-0.2, 0) is 4.74 Å². The number of nitrogens with zero attached hydrogens (tertiary/aromatic N) is 1. The lowest BCUT2D eigenvalue weighted by atomic mass is 10.1. The number of pyridine rings is 1.